The Morgan fingerprint density at radius 3 is 2.48 bits per heavy atom. The number of aryl methyl sites for hydroxylation is 1. The van der Waals surface area contributed by atoms with Gasteiger partial charge in [-0.1, -0.05) is 72.8 Å². The zero-order chi connectivity index (χ0) is 18.9. The summed E-state index contributed by atoms with van der Waals surface area (Å²) in [4.78, 5) is 12.2. The van der Waals surface area contributed by atoms with E-state index in [-0.39, 0.29) is 5.75 Å². The summed E-state index contributed by atoms with van der Waals surface area (Å²) in [6, 6.07) is 17.3. The van der Waals surface area contributed by atoms with Crippen molar-refractivity contribution in [2.75, 3.05) is 0 Å². The van der Waals surface area contributed by atoms with E-state index in [1.807, 2.05) is 85.8 Å². The fourth-order valence-electron chi connectivity index (χ4n) is 3.55. The second kappa shape index (κ2) is 6.72. The molecule has 134 valence electrons. The lowest BCUT2D eigenvalue weighted by Gasteiger charge is -2.26. The number of hydrogen-bond acceptors (Lipinski definition) is 3. The molecule has 1 atom stereocenters. The van der Waals surface area contributed by atoms with Gasteiger partial charge in [0.05, 0.1) is 11.1 Å². The van der Waals surface area contributed by atoms with E-state index >= 15 is 0 Å². The first-order valence-corrected chi connectivity index (χ1v) is 8.91. The van der Waals surface area contributed by atoms with Crippen molar-refractivity contribution in [3.63, 3.8) is 0 Å². The molecule has 3 aromatic rings. The third kappa shape index (κ3) is 2.79. The minimum absolute atomic E-state index is 0.0384. The van der Waals surface area contributed by atoms with Gasteiger partial charge in [0.25, 0.3) is 0 Å². The molecule has 0 aliphatic heterocycles. The van der Waals surface area contributed by atoms with Gasteiger partial charge in [0.2, 0.25) is 0 Å². The molecule has 4 heteroatoms. The molecule has 0 saturated heterocycles. The van der Waals surface area contributed by atoms with E-state index in [0.29, 0.717) is 17.8 Å². The fourth-order valence-corrected chi connectivity index (χ4v) is 3.55. The van der Waals surface area contributed by atoms with E-state index < -0.39 is 5.41 Å². The van der Waals surface area contributed by atoms with Crippen molar-refractivity contribution in [1.29, 1.82) is 0 Å². The number of allylic oxidation sites excluding steroid dienone is 4. The van der Waals surface area contributed by atoms with E-state index in [1.165, 1.54) is 0 Å². The summed E-state index contributed by atoms with van der Waals surface area (Å²) in [6.45, 7) is 1.99. The Bertz CT molecular complexity index is 1050. The van der Waals surface area contributed by atoms with Gasteiger partial charge in [-0.3, -0.25) is 0 Å². The number of aldehydes is 1. The number of nitrogens with zero attached hydrogens (tertiary/aromatic N) is 2. The van der Waals surface area contributed by atoms with Gasteiger partial charge < -0.3 is 9.90 Å². The third-order valence-corrected chi connectivity index (χ3v) is 5.00. The molecule has 0 bridgehead atoms. The van der Waals surface area contributed by atoms with Crippen LogP contribution in [0.25, 0.3) is 16.9 Å². The smallest absolute Gasteiger partial charge is 0.166 e. The summed E-state index contributed by atoms with van der Waals surface area (Å²) in [5.41, 5.74) is 2.66. The molecule has 4 nitrogen and oxygen atoms in total. The van der Waals surface area contributed by atoms with Crippen LogP contribution in [0.2, 0.25) is 0 Å². The largest absolute Gasteiger partial charge is 0.504 e. The molecule has 1 heterocycles. The molecule has 1 aliphatic carbocycles. The van der Waals surface area contributed by atoms with Gasteiger partial charge in [0.1, 0.15) is 17.7 Å². The Kier molecular flexibility index (Phi) is 4.24. The highest BCUT2D eigenvalue weighted by Crippen LogP contribution is 2.43. The van der Waals surface area contributed by atoms with Gasteiger partial charge in [0.15, 0.2) is 5.75 Å². The van der Waals surface area contributed by atoms with Crippen LogP contribution in [0, 0.1) is 6.92 Å². The molecule has 4 rings (SSSR count). The molecule has 0 saturated carbocycles. The van der Waals surface area contributed by atoms with Gasteiger partial charge in [-0.15, -0.1) is 0 Å². The maximum atomic E-state index is 12.2. The summed E-state index contributed by atoms with van der Waals surface area (Å²) < 4.78 is 1.71. The van der Waals surface area contributed by atoms with Crippen molar-refractivity contribution in [3.05, 3.63) is 90.2 Å². The molecule has 0 fully saturated rings. The minimum Gasteiger partial charge on any atom is -0.504 e. The van der Waals surface area contributed by atoms with Crippen LogP contribution in [-0.4, -0.2) is 21.2 Å². The number of carbonyl (C=O) groups excluding carboxylic acids is 1. The first kappa shape index (κ1) is 17.0. The van der Waals surface area contributed by atoms with Crippen LogP contribution in [0.1, 0.15) is 17.7 Å². The Hall–Kier alpha value is -3.40. The maximum Gasteiger partial charge on any atom is 0.166 e. The Morgan fingerprint density at radius 2 is 1.81 bits per heavy atom. The number of aromatic hydroxyl groups is 1. The Morgan fingerprint density at radius 1 is 1.07 bits per heavy atom. The summed E-state index contributed by atoms with van der Waals surface area (Å²) in [5.74, 6) is 0.0384. The number of aromatic nitrogens is 2. The maximum absolute atomic E-state index is 12.2. The lowest BCUT2D eigenvalue weighted by atomic mass is 9.79. The van der Waals surface area contributed by atoms with Gasteiger partial charge in [-0.2, -0.15) is 5.10 Å². The normalized spacial score (nSPS) is 18.6. The first-order valence-electron chi connectivity index (χ1n) is 8.91. The van der Waals surface area contributed by atoms with Gasteiger partial charge in [0, 0.05) is 5.56 Å². The summed E-state index contributed by atoms with van der Waals surface area (Å²) in [6.07, 6.45) is 8.89. The van der Waals surface area contributed by atoms with E-state index in [4.69, 9.17) is 5.10 Å². The van der Waals surface area contributed by atoms with Crippen LogP contribution in [-0.2, 0) is 10.2 Å². The van der Waals surface area contributed by atoms with Gasteiger partial charge in [-0.25, -0.2) is 4.68 Å². The van der Waals surface area contributed by atoms with E-state index in [0.717, 1.165) is 23.1 Å². The standard InChI is InChI=1S/C23H20N2O2/c1-17-10-6-7-13-19(17)25-22(23(16-26)14-8-3-9-15-23)21(27)20(24-25)18-11-4-2-5-12-18/h2-14,16,27H,15H2,1H3. The second-order valence-electron chi connectivity index (χ2n) is 6.76. The van der Waals surface area contributed by atoms with Crippen LogP contribution >= 0.6 is 0 Å². The highest BCUT2D eigenvalue weighted by atomic mass is 16.3. The van der Waals surface area contributed by atoms with Crippen molar-refractivity contribution in [2.24, 2.45) is 0 Å². The van der Waals surface area contributed by atoms with Crippen LogP contribution in [0.5, 0.6) is 5.75 Å². The number of carbonyl (C=O) groups is 1. The van der Waals surface area contributed by atoms with Crippen molar-refractivity contribution in [1.82, 2.24) is 9.78 Å². The molecule has 0 amide bonds. The first-order chi connectivity index (χ1) is 13.2. The lowest BCUT2D eigenvalue weighted by molar-refractivity contribution is -0.111. The SMILES string of the molecule is Cc1ccccc1-n1nc(-c2ccccc2)c(O)c1C1(C=O)C=CC=CC1. The second-order valence-corrected chi connectivity index (χ2v) is 6.76. The molecular weight excluding hydrogens is 336 g/mol. The minimum atomic E-state index is -0.957. The van der Waals surface area contributed by atoms with Crippen molar-refractivity contribution in [3.8, 4) is 22.7 Å². The van der Waals surface area contributed by atoms with Crippen LogP contribution < -0.4 is 0 Å². The highest BCUT2D eigenvalue weighted by Gasteiger charge is 2.38. The summed E-state index contributed by atoms with van der Waals surface area (Å²) in [7, 11) is 0. The Balaban J connectivity index is 2.03. The number of para-hydroxylation sites is 1. The molecule has 1 aliphatic rings. The molecule has 1 N–H and O–H groups in total. The molecular formula is C23H20N2O2. The zero-order valence-corrected chi connectivity index (χ0v) is 15.0. The van der Waals surface area contributed by atoms with Crippen molar-refractivity contribution < 1.29 is 9.90 Å². The lowest BCUT2D eigenvalue weighted by Crippen LogP contribution is -2.29. The van der Waals surface area contributed by atoms with E-state index in [1.54, 1.807) is 4.68 Å². The number of hydrogen-bond donors (Lipinski definition) is 1. The summed E-state index contributed by atoms with van der Waals surface area (Å²) in [5, 5.41) is 15.9. The molecule has 27 heavy (non-hydrogen) atoms. The molecule has 1 aromatic heterocycles. The van der Waals surface area contributed by atoms with Crippen LogP contribution in [0.3, 0.4) is 0 Å². The quantitative estimate of drug-likeness (QED) is 0.700. The third-order valence-electron chi connectivity index (χ3n) is 5.00. The van der Waals surface area contributed by atoms with Crippen LogP contribution in [0.4, 0.5) is 0 Å². The van der Waals surface area contributed by atoms with Crippen molar-refractivity contribution >= 4 is 6.29 Å². The van der Waals surface area contributed by atoms with Gasteiger partial charge >= 0.3 is 0 Å². The predicted molar refractivity (Wildman–Crippen MR) is 106 cm³/mol. The van der Waals surface area contributed by atoms with Crippen molar-refractivity contribution in [2.45, 2.75) is 18.8 Å². The van der Waals surface area contributed by atoms with Gasteiger partial charge in [-0.05, 0) is 25.0 Å². The topological polar surface area (TPSA) is 55.1 Å². The molecule has 1 unspecified atom stereocenters. The van der Waals surface area contributed by atoms with E-state index in [2.05, 4.69) is 0 Å². The average molecular weight is 356 g/mol. The average Bonchev–Trinajstić information content (AvgIpc) is 3.07. The zero-order valence-electron chi connectivity index (χ0n) is 15.0. The highest BCUT2D eigenvalue weighted by molar-refractivity contribution is 5.79. The molecule has 0 radical (unpaired) electrons. The molecule has 2 aromatic carbocycles. The fraction of sp³-hybridized carbons (Fsp3) is 0.130. The number of rotatable bonds is 4. The van der Waals surface area contributed by atoms with Crippen LogP contribution in [0.15, 0.2) is 78.9 Å². The Labute approximate surface area is 158 Å². The molecule has 0 spiro atoms. The monoisotopic (exact) mass is 356 g/mol. The number of benzene rings is 2. The van der Waals surface area contributed by atoms with E-state index in [9.17, 15) is 9.90 Å². The summed E-state index contributed by atoms with van der Waals surface area (Å²) >= 11 is 0. The predicted octanol–water partition coefficient (Wildman–Crippen LogP) is 4.51.